The molecule has 7 nitrogen and oxygen atoms in total. The third-order valence-electron chi connectivity index (χ3n) is 3.48. The van der Waals surface area contributed by atoms with Gasteiger partial charge in [0.05, 0.1) is 6.61 Å². The summed E-state index contributed by atoms with van der Waals surface area (Å²) in [6.45, 7) is 5.05. The number of benzene rings is 1. The van der Waals surface area contributed by atoms with Crippen LogP contribution in [0.5, 0.6) is 5.88 Å². The van der Waals surface area contributed by atoms with Gasteiger partial charge in [-0.1, -0.05) is 0 Å². The quantitative estimate of drug-likeness (QED) is 0.605. The molecule has 1 atom stereocenters. The molecule has 0 aliphatic carbocycles. The second-order valence-electron chi connectivity index (χ2n) is 5.46. The van der Waals surface area contributed by atoms with E-state index in [-0.39, 0.29) is 17.2 Å². The molecule has 0 fully saturated rings. The molecule has 1 N–H and O–H groups in total. The number of anilines is 1. The second kappa shape index (κ2) is 8.75. The molecule has 2 rings (SSSR count). The molecule has 0 unspecified atom stereocenters. The van der Waals surface area contributed by atoms with Crippen molar-refractivity contribution in [2.24, 2.45) is 0 Å². The van der Waals surface area contributed by atoms with E-state index in [0.29, 0.717) is 17.9 Å². The number of rotatable bonds is 7. The van der Waals surface area contributed by atoms with Crippen molar-refractivity contribution in [3.63, 3.8) is 0 Å². The topological polar surface area (TPSA) is 94.6 Å². The number of ketones is 1. The van der Waals surface area contributed by atoms with Crippen LogP contribution in [0.2, 0.25) is 0 Å². The lowest BCUT2D eigenvalue weighted by Crippen LogP contribution is -2.30. The summed E-state index contributed by atoms with van der Waals surface area (Å²) >= 11 is 0. The van der Waals surface area contributed by atoms with Gasteiger partial charge in [0.2, 0.25) is 5.88 Å². The Balaban J connectivity index is 2.00. The average Bonchev–Trinajstić information content (AvgIpc) is 2.62. The minimum atomic E-state index is -1.02. The summed E-state index contributed by atoms with van der Waals surface area (Å²) in [5, 5.41) is 2.63. The van der Waals surface area contributed by atoms with Crippen LogP contribution in [0.15, 0.2) is 42.6 Å². The third-order valence-corrected chi connectivity index (χ3v) is 3.48. The number of aromatic nitrogens is 1. The van der Waals surface area contributed by atoms with Crippen molar-refractivity contribution in [2.45, 2.75) is 26.9 Å². The van der Waals surface area contributed by atoms with Crippen LogP contribution in [0.25, 0.3) is 0 Å². The maximum absolute atomic E-state index is 12.3. The van der Waals surface area contributed by atoms with Crippen molar-refractivity contribution in [2.75, 3.05) is 11.9 Å². The predicted molar refractivity (Wildman–Crippen MR) is 95.4 cm³/mol. The van der Waals surface area contributed by atoms with Crippen molar-refractivity contribution >= 4 is 23.3 Å². The van der Waals surface area contributed by atoms with Gasteiger partial charge in [-0.05, 0) is 57.2 Å². The molecule has 136 valence electrons. The molecule has 26 heavy (non-hydrogen) atoms. The van der Waals surface area contributed by atoms with Crippen LogP contribution in [0.3, 0.4) is 0 Å². The normalized spacial score (nSPS) is 11.3. The van der Waals surface area contributed by atoms with Crippen LogP contribution in [-0.4, -0.2) is 35.4 Å². The van der Waals surface area contributed by atoms with Gasteiger partial charge >= 0.3 is 5.97 Å². The monoisotopic (exact) mass is 356 g/mol. The van der Waals surface area contributed by atoms with Crippen LogP contribution < -0.4 is 10.1 Å². The number of esters is 1. The van der Waals surface area contributed by atoms with E-state index in [1.54, 1.807) is 37.3 Å². The largest absolute Gasteiger partial charge is 0.477 e. The Hall–Kier alpha value is -3.22. The van der Waals surface area contributed by atoms with Crippen molar-refractivity contribution in [1.29, 1.82) is 0 Å². The highest BCUT2D eigenvalue weighted by Crippen LogP contribution is 2.17. The second-order valence-corrected chi connectivity index (χ2v) is 5.46. The summed E-state index contributed by atoms with van der Waals surface area (Å²) in [5.74, 6) is -1.09. The minimum absolute atomic E-state index is 0.0632. The van der Waals surface area contributed by atoms with E-state index < -0.39 is 18.0 Å². The number of carbonyl (C=O) groups excluding carboxylic acids is 3. The Labute approximate surface area is 151 Å². The highest BCUT2D eigenvalue weighted by molar-refractivity contribution is 5.99. The van der Waals surface area contributed by atoms with Crippen LogP contribution >= 0.6 is 0 Å². The molecule has 7 heteroatoms. The molecule has 0 saturated carbocycles. The number of pyridine rings is 1. The zero-order valence-corrected chi connectivity index (χ0v) is 14.8. The lowest BCUT2D eigenvalue weighted by Gasteiger charge is -2.14. The number of hydrogen-bond donors (Lipinski definition) is 1. The van der Waals surface area contributed by atoms with Gasteiger partial charge in [-0.3, -0.25) is 9.59 Å². The maximum atomic E-state index is 12.3. The number of amides is 1. The number of hydrogen-bond acceptors (Lipinski definition) is 6. The van der Waals surface area contributed by atoms with E-state index in [0.717, 1.165) is 0 Å². The van der Waals surface area contributed by atoms with Gasteiger partial charge in [-0.25, -0.2) is 9.78 Å². The molecule has 2 aromatic rings. The predicted octanol–water partition coefficient (Wildman–Crippen LogP) is 2.87. The Morgan fingerprint density at radius 2 is 1.85 bits per heavy atom. The zero-order chi connectivity index (χ0) is 19.1. The molecule has 1 aromatic carbocycles. The first-order valence-corrected chi connectivity index (χ1v) is 8.13. The van der Waals surface area contributed by atoms with Crippen molar-refractivity contribution in [3.05, 3.63) is 53.7 Å². The molecule has 0 bridgehead atoms. The lowest BCUT2D eigenvalue weighted by atomic mass is 10.1. The van der Waals surface area contributed by atoms with Crippen molar-refractivity contribution in [3.8, 4) is 5.88 Å². The van der Waals surface area contributed by atoms with E-state index in [2.05, 4.69) is 10.3 Å². The average molecular weight is 356 g/mol. The Morgan fingerprint density at radius 1 is 1.15 bits per heavy atom. The van der Waals surface area contributed by atoms with Crippen molar-refractivity contribution < 1.29 is 23.9 Å². The third kappa shape index (κ3) is 4.89. The van der Waals surface area contributed by atoms with Crippen LogP contribution in [-0.2, 0) is 9.53 Å². The maximum Gasteiger partial charge on any atom is 0.344 e. The van der Waals surface area contributed by atoms with Crippen LogP contribution in [0.1, 0.15) is 41.5 Å². The zero-order valence-electron chi connectivity index (χ0n) is 14.8. The molecule has 0 saturated heterocycles. The molecular weight excluding hydrogens is 336 g/mol. The molecule has 1 amide bonds. The van der Waals surface area contributed by atoms with Gasteiger partial charge in [0, 0.05) is 17.4 Å². The number of ether oxygens (including phenoxy) is 2. The van der Waals surface area contributed by atoms with Gasteiger partial charge in [-0.2, -0.15) is 0 Å². The molecule has 0 aliphatic heterocycles. The fraction of sp³-hybridized carbons (Fsp3) is 0.263. The van der Waals surface area contributed by atoms with Crippen LogP contribution in [0, 0.1) is 0 Å². The number of Topliss-reactive ketones (excluding diaryl/α,β-unsaturated/α-hetero) is 1. The Bertz CT molecular complexity index is 802. The van der Waals surface area contributed by atoms with Crippen molar-refractivity contribution in [1.82, 2.24) is 4.98 Å². The molecule has 0 aliphatic rings. The number of nitrogens with one attached hydrogen (secondary N) is 1. The molecule has 1 heterocycles. The molecular formula is C19H20N2O5. The van der Waals surface area contributed by atoms with Gasteiger partial charge in [-0.15, -0.1) is 0 Å². The fourth-order valence-corrected chi connectivity index (χ4v) is 2.11. The Kier molecular flexibility index (Phi) is 6.43. The summed E-state index contributed by atoms with van der Waals surface area (Å²) in [5.41, 5.74) is 1.20. The standard InChI is InChI=1S/C19H20N2O5/c1-4-25-18-16(6-5-11-20-18)19(24)26-13(3)17(23)21-15-9-7-14(8-10-15)12(2)22/h5-11,13H,4H2,1-3H3,(H,21,23)/t13-/m0/s1. The number of carbonyl (C=O) groups is 3. The molecule has 1 aromatic heterocycles. The molecule has 0 spiro atoms. The highest BCUT2D eigenvalue weighted by atomic mass is 16.5. The first-order chi connectivity index (χ1) is 12.4. The van der Waals surface area contributed by atoms with Gasteiger partial charge in [0.15, 0.2) is 11.9 Å². The summed E-state index contributed by atoms with van der Waals surface area (Å²) in [7, 11) is 0. The van der Waals surface area contributed by atoms with E-state index in [4.69, 9.17) is 9.47 Å². The SMILES string of the molecule is CCOc1ncccc1C(=O)O[C@@H](C)C(=O)Nc1ccc(C(C)=O)cc1. The summed E-state index contributed by atoms with van der Waals surface area (Å²) in [6, 6.07) is 9.54. The summed E-state index contributed by atoms with van der Waals surface area (Å²) in [6.07, 6.45) is 0.479. The van der Waals surface area contributed by atoms with Gasteiger partial charge < -0.3 is 14.8 Å². The van der Waals surface area contributed by atoms with E-state index in [9.17, 15) is 14.4 Å². The first-order valence-electron chi connectivity index (χ1n) is 8.13. The summed E-state index contributed by atoms with van der Waals surface area (Å²) in [4.78, 5) is 39.7. The first kappa shape index (κ1) is 19.1. The molecule has 0 radical (unpaired) electrons. The summed E-state index contributed by atoms with van der Waals surface area (Å²) < 4.78 is 10.5. The lowest BCUT2D eigenvalue weighted by molar-refractivity contribution is -0.123. The number of nitrogens with zero attached hydrogens (tertiary/aromatic N) is 1. The smallest absolute Gasteiger partial charge is 0.344 e. The highest BCUT2D eigenvalue weighted by Gasteiger charge is 2.22. The van der Waals surface area contributed by atoms with Gasteiger partial charge in [0.25, 0.3) is 5.91 Å². The van der Waals surface area contributed by atoms with E-state index in [1.807, 2.05) is 0 Å². The van der Waals surface area contributed by atoms with E-state index in [1.165, 1.54) is 26.1 Å². The Morgan fingerprint density at radius 3 is 2.46 bits per heavy atom. The van der Waals surface area contributed by atoms with Gasteiger partial charge in [0.1, 0.15) is 5.56 Å². The minimum Gasteiger partial charge on any atom is -0.477 e. The fourth-order valence-electron chi connectivity index (χ4n) is 2.11. The van der Waals surface area contributed by atoms with E-state index >= 15 is 0 Å². The van der Waals surface area contributed by atoms with Crippen LogP contribution in [0.4, 0.5) is 5.69 Å².